The lowest BCUT2D eigenvalue weighted by atomic mass is 10.0. The lowest BCUT2D eigenvalue weighted by molar-refractivity contribution is 0.0529. The second-order valence-corrected chi connectivity index (χ2v) is 10.1. The first-order chi connectivity index (χ1) is 16.6. The molecule has 172 valence electrons. The van der Waals surface area contributed by atoms with Crippen LogP contribution in [-0.2, 0) is 4.74 Å². The number of carbonyl (C=O) groups excluding carboxylic acids is 1. The number of rotatable bonds is 7. The van der Waals surface area contributed by atoms with Crippen molar-refractivity contribution in [3.63, 3.8) is 0 Å². The van der Waals surface area contributed by atoms with Crippen LogP contribution >= 0.6 is 35.3 Å². The first-order valence-corrected chi connectivity index (χ1v) is 12.9. The molecule has 2 N–H and O–H groups in total. The lowest BCUT2D eigenvalue weighted by Crippen LogP contribution is -2.20. The first-order valence-electron chi connectivity index (χ1n) is 10.8. The zero-order valence-electron chi connectivity index (χ0n) is 18.8. The van der Waals surface area contributed by atoms with E-state index < -0.39 is 0 Å². The Hall–Kier alpha value is -3.13. The van der Waals surface area contributed by atoms with Gasteiger partial charge in [-0.05, 0) is 55.9 Å². The molecule has 4 nitrogen and oxygen atoms in total. The van der Waals surface area contributed by atoms with Gasteiger partial charge in [-0.1, -0.05) is 72.4 Å². The van der Waals surface area contributed by atoms with Crippen LogP contribution in [0.4, 0.5) is 10.7 Å². The molecule has 0 aliphatic heterocycles. The van der Waals surface area contributed by atoms with Crippen molar-refractivity contribution in [3.8, 4) is 11.1 Å². The van der Waals surface area contributed by atoms with Crippen LogP contribution in [0.15, 0.2) is 94.7 Å². The number of para-hydroxylation sites is 1. The molecule has 0 fully saturated rings. The van der Waals surface area contributed by atoms with Crippen molar-refractivity contribution in [1.82, 2.24) is 0 Å². The Kier molecular flexibility index (Phi) is 8.00. The number of aryl methyl sites for hydroxylation is 1. The molecular weight excluding hydrogens is 481 g/mol. The number of thiocarbonyl (C=S) groups is 1. The summed E-state index contributed by atoms with van der Waals surface area (Å²) in [7, 11) is 0. The number of hydrogen-bond acceptors (Lipinski definition) is 5. The van der Waals surface area contributed by atoms with Crippen molar-refractivity contribution in [2.75, 3.05) is 17.2 Å². The highest BCUT2D eigenvalue weighted by Gasteiger charge is 2.25. The van der Waals surface area contributed by atoms with Gasteiger partial charge in [0.15, 0.2) is 5.11 Å². The number of benzene rings is 3. The van der Waals surface area contributed by atoms with Gasteiger partial charge in [-0.15, -0.1) is 11.3 Å². The van der Waals surface area contributed by atoms with Gasteiger partial charge in [-0.3, -0.25) is 0 Å². The van der Waals surface area contributed by atoms with Crippen molar-refractivity contribution in [1.29, 1.82) is 0 Å². The molecule has 3 aromatic carbocycles. The van der Waals surface area contributed by atoms with Crippen molar-refractivity contribution in [3.05, 3.63) is 95.4 Å². The predicted molar refractivity (Wildman–Crippen MR) is 147 cm³/mol. The summed E-state index contributed by atoms with van der Waals surface area (Å²) in [5, 5.41) is 7.63. The maximum Gasteiger partial charge on any atom is 0.341 e. The van der Waals surface area contributed by atoms with Crippen LogP contribution in [0.1, 0.15) is 22.2 Å². The molecule has 0 bridgehead atoms. The summed E-state index contributed by atoms with van der Waals surface area (Å²) in [4.78, 5) is 16.2. The molecule has 0 unspecified atom stereocenters. The third-order valence-corrected chi connectivity index (χ3v) is 7.27. The Morgan fingerprint density at radius 1 is 0.941 bits per heavy atom. The number of nitrogens with one attached hydrogen (secondary N) is 2. The van der Waals surface area contributed by atoms with Crippen LogP contribution in [0.5, 0.6) is 0 Å². The fourth-order valence-corrected chi connectivity index (χ4v) is 5.78. The SMILES string of the molecule is CCOC(=O)c1c(NC(=S)Nc2ccccc2Sc2ccccc2)sc(C)c1-c1ccccc1. The number of ether oxygens (including phenoxy) is 1. The predicted octanol–water partition coefficient (Wildman–Crippen LogP) is 7.86. The Balaban J connectivity index is 1.60. The average Bonchev–Trinajstić information content (AvgIpc) is 3.17. The third-order valence-electron chi connectivity index (χ3n) is 4.96. The van der Waals surface area contributed by atoms with E-state index in [9.17, 15) is 4.79 Å². The van der Waals surface area contributed by atoms with E-state index in [1.165, 1.54) is 11.3 Å². The third kappa shape index (κ3) is 5.67. The highest BCUT2D eigenvalue weighted by molar-refractivity contribution is 7.99. The van der Waals surface area contributed by atoms with Gasteiger partial charge < -0.3 is 15.4 Å². The minimum absolute atomic E-state index is 0.300. The largest absolute Gasteiger partial charge is 0.462 e. The molecule has 1 aromatic heterocycles. The van der Waals surface area contributed by atoms with E-state index in [-0.39, 0.29) is 5.97 Å². The average molecular weight is 505 g/mol. The molecule has 4 rings (SSSR count). The molecule has 4 aromatic rings. The second-order valence-electron chi connectivity index (χ2n) is 7.31. The summed E-state index contributed by atoms with van der Waals surface area (Å²) in [5.74, 6) is -0.365. The van der Waals surface area contributed by atoms with E-state index in [0.29, 0.717) is 22.3 Å². The van der Waals surface area contributed by atoms with Crippen LogP contribution in [0.25, 0.3) is 11.1 Å². The van der Waals surface area contributed by atoms with Crippen molar-refractivity contribution >= 4 is 57.1 Å². The number of esters is 1. The molecule has 0 amide bonds. The first kappa shape index (κ1) is 24.0. The molecule has 7 heteroatoms. The molecule has 0 spiro atoms. The van der Waals surface area contributed by atoms with E-state index in [4.69, 9.17) is 17.0 Å². The van der Waals surface area contributed by atoms with E-state index >= 15 is 0 Å². The van der Waals surface area contributed by atoms with Crippen molar-refractivity contribution < 1.29 is 9.53 Å². The van der Waals surface area contributed by atoms with Gasteiger partial charge in [0.05, 0.1) is 12.3 Å². The Morgan fingerprint density at radius 3 is 2.29 bits per heavy atom. The van der Waals surface area contributed by atoms with E-state index in [0.717, 1.165) is 31.5 Å². The highest BCUT2D eigenvalue weighted by atomic mass is 32.2. The summed E-state index contributed by atoms with van der Waals surface area (Å²) in [6.07, 6.45) is 0. The van der Waals surface area contributed by atoms with E-state index in [1.807, 2.05) is 73.7 Å². The van der Waals surface area contributed by atoms with Gasteiger partial charge in [0, 0.05) is 20.2 Å². The fourth-order valence-electron chi connectivity index (χ4n) is 3.51. The molecular formula is C27H24N2O2S3. The molecule has 0 saturated carbocycles. The zero-order valence-corrected chi connectivity index (χ0v) is 21.3. The van der Waals surface area contributed by atoms with Crippen molar-refractivity contribution in [2.45, 2.75) is 23.6 Å². The quantitative estimate of drug-likeness (QED) is 0.197. The molecule has 0 aliphatic carbocycles. The summed E-state index contributed by atoms with van der Waals surface area (Å²) in [6.45, 7) is 4.11. The monoisotopic (exact) mass is 504 g/mol. The Morgan fingerprint density at radius 2 is 1.59 bits per heavy atom. The van der Waals surface area contributed by atoms with Gasteiger partial charge >= 0.3 is 5.97 Å². The van der Waals surface area contributed by atoms with E-state index in [1.54, 1.807) is 18.7 Å². The van der Waals surface area contributed by atoms with Gasteiger partial charge in [-0.25, -0.2) is 4.79 Å². The lowest BCUT2D eigenvalue weighted by Gasteiger charge is -2.14. The summed E-state index contributed by atoms with van der Waals surface area (Å²) < 4.78 is 5.39. The maximum absolute atomic E-state index is 12.9. The second kappa shape index (κ2) is 11.3. The van der Waals surface area contributed by atoms with E-state index in [2.05, 4.69) is 28.8 Å². The maximum atomic E-state index is 12.9. The van der Waals surface area contributed by atoms with Crippen LogP contribution < -0.4 is 10.6 Å². The Labute approximate surface area is 213 Å². The molecule has 0 atom stereocenters. The van der Waals surface area contributed by atoms with Crippen LogP contribution in [0, 0.1) is 6.92 Å². The molecule has 0 radical (unpaired) electrons. The molecule has 1 heterocycles. The normalized spacial score (nSPS) is 10.5. The Bertz CT molecular complexity index is 1290. The number of hydrogen-bond donors (Lipinski definition) is 2. The minimum atomic E-state index is -0.365. The summed E-state index contributed by atoms with van der Waals surface area (Å²) in [5.41, 5.74) is 3.24. The standard InChI is InChI=1S/C27H24N2O2S3/c1-3-31-26(30)24-23(19-12-6-4-7-13-19)18(2)33-25(24)29-27(32)28-21-16-10-11-17-22(21)34-20-14-8-5-9-15-20/h4-17H,3H2,1-2H3,(H2,28,29,32). The fraction of sp³-hybridized carbons (Fsp3) is 0.111. The summed E-state index contributed by atoms with van der Waals surface area (Å²) in [6, 6.07) is 28.1. The van der Waals surface area contributed by atoms with Crippen molar-refractivity contribution in [2.24, 2.45) is 0 Å². The van der Waals surface area contributed by atoms with Crippen LogP contribution in [-0.4, -0.2) is 17.7 Å². The molecule has 34 heavy (non-hydrogen) atoms. The number of anilines is 2. The molecule has 0 saturated heterocycles. The molecule has 0 aliphatic rings. The highest BCUT2D eigenvalue weighted by Crippen LogP contribution is 2.40. The van der Waals surface area contributed by atoms with Gasteiger partial charge in [-0.2, -0.15) is 0 Å². The van der Waals surface area contributed by atoms with Gasteiger partial charge in [0.25, 0.3) is 0 Å². The summed E-state index contributed by atoms with van der Waals surface area (Å²) >= 11 is 8.80. The number of thiophene rings is 1. The van der Waals surface area contributed by atoms with Crippen LogP contribution in [0.2, 0.25) is 0 Å². The van der Waals surface area contributed by atoms with Crippen LogP contribution in [0.3, 0.4) is 0 Å². The topological polar surface area (TPSA) is 50.4 Å². The minimum Gasteiger partial charge on any atom is -0.462 e. The zero-order chi connectivity index (χ0) is 23.9. The van der Waals surface area contributed by atoms with Gasteiger partial charge in [0.2, 0.25) is 0 Å². The number of carbonyl (C=O) groups is 1. The van der Waals surface area contributed by atoms with Gasteiger partial charge in [0.1, 0.15) is 10.6 Å². The smallest absolute Gasteiger partial charge is 0.341 e.